The van der Waals surface area contributed by atoms with Crippen LogP contribution in [0.1, 0.15) is 12.5 Å². The molecule has 0 aliphatic carbocycles. The number of carbonyl (C=O) groups excluding carboxylic acids is 2. The van der Waals surface area contributed by atoms with Crippen LogP contribution in [-0.4, -0.2) is 36.1 Å². The first kappa shape index (κ1) is 12.4. The molecule has 2 amide bonds. The van der Waals surface area contributed by atoms with Gasteiger partial charge in [0.25, 0.3) is 0 Å². The van der Waals surface area contributed by atoms with Crippen molar-refractivity contribution >= 4 is 12.0 Å². The first-order valence-corrected chi connectivity index (χ1v) is 5.74. The Morgan fingerprint density at radius 1 is 1.44 bits per heavy atom. The Kier molecular flexibility index (Phi) is 3.23. The monoisotopic (exact) mass is 248 g/mol. The number of methoxy groups -OCH3 is 1. The minimum absolute atomic E-state index is 0.244. The van der Waals surface area contributed by atoms with Crippen molar-refractivity contribution in [1.29, 1.82) is 0 Å². The number of hydrogen-bond donors (Lipinski definition) is 1. The number of hydrogen-bond acceptors (Lipinski definition) is 3. The summed E-state index contributed by atoms with van der Waals surface area (Å²) in [6.45, 7) is 2.47. The summed E-state index contributed by atoms with van der Waals surface area (Å²) in [7, 11) is 1.32. The van der Waals surface area contributed by atoms with E-state index >= 15 is 0 Å². The minimum Gasteiger partial charge on any atom is -0.467 e. The lowest BCUT2D eigenvalue weighted by Gasteiger charge is -2.20. The van der Waals surface area contributed by atoms with Gasteiger partial charge >= 0.3 is 12.0 Å². The normalized spacial score (nSPS) is 22.8. The summed E-state index contributed by atoms with van der Waals surface area (Å²) in [6, 6.07) is 9.41. The highest BCUT2D eigenvalue weighted by Crippen LogP contribution is 2.19. The first-order chi connectivity index (χ1) is 8.55. The lowest BCUT2D eigenvalue weighted by atomic mass is 10.0. The summed E-state index contributed by atoms with van der Waals surface area (Å²) >= 11 is 0. The molecule has 18 heavy (non-hydrogen) atoms. The van der Waals surface area contributed by atoms with E-state index < -0.39 is 11.5 Å². The van der Waals surface area contributed by atoms with Gasteiger partial charge in [0.1, 0.15) is 0 Å². The van der Waals surface area contributed by atoms with Crippen LogP contribution in [-0.2, 0) is 16.1 Å². The maximum atomic E-state index is 11.8. The predicted molar refractivity (Wildman–Crippen MR) is 65.8 cm³/mol. The van der Waals surface area contributed by atoms with Gasteiger partial charge in [0.2, 0.25) is 0 Å². The zero-order chi connectivity index (χ0) is 13.2. The second-order valence-corrected chi connectivity index (χ2v) is 4.60. The highest BCUT2D eigenvalue weighted by molar-refractivity contribution is 5.90. The summed E-state index contributed by atoms with van der Waals surface area (Å²) in [5, 5.41) is 2.66. The van der Waals surface area contributed by atoms with Crippen LogP contribution in [0.2, 0.25) is 0 Å². The first-order valence-electron chi connectivity index (χ1n) is 5.74. The smallest absolute Gasteiger partial charge is 0.333 e. The van der Waals surface area contributed by atoms with E-state index in [1.54, 1.807) is 11.8 Å². The van der Waals surface area contributed by atoms with E-state index in [0.29, 0.717) is 13.1 Å². The molecule has 0 spiro atoms. The maximum Gasteiger partial charge on any atom is 0.333 e. The molecule has 1 aliphatic heterocycles. The standard InChI is InChI=1S/C13H16N2O3/c1-13(11(16)18-2)9-15(12(17)14-13)8-10-6-4-3-5-7-10/h3-7H,8-9H2,1-2H3,(H,14,17). The number of ether oxygens (including phenoxy) is 1. The zero-order valence-electron chi connectivity index (χ0n) is 10.5. The minimum atomic E-state index is -0.958. The molecule has 0 aromatic heterocycles. The predicted octanol–water partition coefficient (Wildman–Crippen LogP) is 1.14. The summed E-state index contributed by atoms with van der Waals surface area (Å²) in [6.07, 6.45) is 0. The van der Waals surface area contributed by atoms with E-state index in [4.69, 9.17) is 4.74 Å². The van der Waals surface area contributed by atoms with E-state index in [-0.39, 0.29) is 6.03 Å². The van der Waals surface area contributed by atoms with Crippen molar-refractivity contribution in [2.75, 3.05) is 13.7 Å². The van der Waals surface area contributed by atoms with E-state index in [2.05, 4.69) is 5.32 Å². The highest BCUT2D eigenvalue weighted by Gasteiger charge is 2.45. The van der Waals surface area contributed by atoms with Crippen molar-refractivity contribution < 1.29 is 14.3 Å². The maximum absolute atomic E-state index is 11.8. The summed E-state index contributed by atoms with van der Waals surface area (Å²) in [5.74, 6) is -0.425. The molecule has 1 aliphatic rings. The van der Waals surface area contributed by atoms with Gasteiger partial charge in [-0.15, -0.1) is 0 Å². The van der Waals surface area contributed by atoms with Gasteiger partial charge in [0, 0.05) is 6.54 Å². The van der Waals surface area contributed by atoms with Crippen LogP contribution in [0.15, 0.2) is 30.3 Å². The quantitative estimate of drug-likeness (QED) is 0.816. The second-order valence-electron chi connectivity index (χ2n) is 4.60. The lowest BCUT2D eigenvalue weighted by molar-refractivity contribution is -0.146. The number of carbonyl (C=O) groups is 2. The molecular weight excluding hydrogens is 232 g/mol. The Balaban J connectivity index is 2.08. The molecule has 5 heteroatoms. The second kappa shape index (κ2) is 4.68. The highest BCUT2D eigenvalue weighted by atomic mass is 16.5. The number of urea groups is 1. The van der Waals surface area contributed by atoms with E-state index in [9.17, 15) is 9.59 Å². The summed E-state index contributed by atoms with van der Waals surface area (Å²) in [4.78, 5) is 25.0. The van der Waals surface area contributed by atoms with E-state index in [1.807, 2.05) is 30.3 Å². The number of esters is 1. The Morgan fingerprint density at radius 2 is 2.11 bits per heavy atom. The Hall–Kier alpha value is -2.04. The number of benzene rings is 1. The van der Waals surface area contributed by atoms with Gasteiger partial charge in [-0.2, -0.15) is 0 Å². The van der Waals surface area contributed by atoms with Gasteiger partial charge in [0.15, 0.2) is 5.54 Å². The van der Waals surface area contributed by atoms with Gasteiger partial charge in [0.05, 0.1) is 13.7 Å². The van der Waals surface area contributed by atoms with Crippen LogP contribution in [0, 0.1) is 0 Å². The van der Waals surface area contributed by atoms with Crippen molar-refractivity contribution in [2.24, 2.45) is 0 Å². The average Bonchev–Trinajstić information content (AvgIpc) is 2.66. The van der Waals surface area contributed by atoms with Crippen molar-refractivity contribution in [1.82, 2.24) is 10.2 Å². The molecule has 1 aromatic rings. The van der Waals surface area contributed by atoms with Crippen LogP contribution < -0.4 is 5.32 Å². The molecule has 0 bridgehead atoms. The Labute approximate surface area is 106 Å². The van der Waals surface area contributed by atoms with Gasteiger partial charge in [-0.25, -0.2) is 9.59 Å². The Bertz CT molecular complexity index is 461. The van der Waals surface area contributed by atoms with Crippen molar-refractivity contribution in [3.05, 3.63) is 35.9 Å². The van der Waals surface area contributed by atoms with Crippen LogP contribution in [0.4, 0.5) is 4.79 Å². The van der Waals surface area contributed by atoms with Crippen molar-refractivity contribution in [2.45, 2.75) is 19.0 Å². The third-order valence-electron chi connectivity index (χ3n) is 3.03. The summed E-state index contributed by atoms with van der Waals surface area (Å²) in [5.41, 5.74) is 0.0717. The topological polar surface area (TPSA) is 58.6 Å². The van der Waals surface area contributed by atoms with E-state index in [0.717, 1.165) is 5.56 Å². The van der Waals surface area contributed by atoms with E-state index in [1.165, 1.54) is 7.11 Å². The van der Waals surface area contributed by atoms with Gasteiger partial charge in [-0.3, -0.25) is 0 Å². The molecule has 5 nitrogen and oxygen atoms in total. The van der Waals surface area contributed by atoms with Crippen molar-refractivity contribution in [3.8, 4) is 0 Å². The zero-order valence-corrected chi connectivity index (χ0v) is 10.5. The molecule has 1 fully saturated rings. The van der Waals surface area contributed by atoms with Gasteiger partial charge in [-0.05, 0) is 12.5 Å². The molecule has 2 rings (SSSR count). The van der Waals surface area contributed by atoms with Crippen LogP contribution >= 0.6 is 0 Å². The third kappa shape index (κ3) is 2.30. The third-order valence-corrected chi connectivity index (χ3v) is 3.03. The fourth-order valence-corrected chi connectivity index (χ4v) is 2.08. The summed E-state index contributed by atoms with van der Waals surface area (Å²) < 4.78 is 4.70. The molecule has 0 saturated carbocycles. The van der Waals surface area contributed by atoms with Crippen molar-refractivity contribution in [3.63, 3.8) is 0 Å². The fourth-order valence-electron chi connectivity index (χ4n) is 2.08. The Morgan fingerprint density at radius 3 is 2.72 bits per heavy atom. The molecule has 1 aromatic carbocycles. The number of amides is 2. The molecular formula is C13H16N2O3. The molecule has 96 valence electrons. The number of nitrogens with one attached hydrogen (secondary N) is 1. The van der Waals surface area contributed by atoms with Gasteiger partial charge < -0.3 is 15.0 Å². The number of rotatable bonds is 3. The average molecular weight is 248 g/mol. The van der Waals surface area contributed by atoms with Crippen LogP contribution in [0.3, 0.4) is 0 Å². The van der Waals surface area contributed by atoms with Crippen LogP contribution in [0.5, 0.6) is 0 Å². The molecule has 1 saturated heterocycles. The SMILES string of the molecule is COC(=O)C1(C)CN(Cc2ccccc2)C(=O)N1. The molecule has 0 radical (unpaired) electrons. The fraction of sp³-hybridized carbons (Fsp3) is 0.385. The van der Waals surface area contributed by atoms with Gasteiger partial charge in [-0.1, -0.05) is 30.3 Å². The molecule has 1 atom stereocenters. The molecule has 1 unspecified atom stereocenters. The van der Waals surface area contributed by atoms with Crippen LogP contribution in [0.25, 0.3) is 0 Å². The molecule has 1 heterocycles. The largest absolute Gasteiger partial charge is 0.467 e. The molecule has 1 N–H and O–H groups in total. The lowest BCUT2D eigenvalue weighted by Crippen LogP contribution is -2.48. The number of nitrogens with zero attached hydrogens (tertiary/aromatic N) is 1.